The molecule has 2 aromatic heterocycles. The molecular weight excluding hydrogens is 360 g/mol. The topological polar surface area (TPSA) is 101 Å². The molecule has 0 bridgehead atoms. The zero-order valence-electron chi connectivity index (χ0n) is 16.2. The van der Waals surface area contributed by atoms with Gasteiger partial charge in [-0.3, -0.25) is 9.59 Å². The molecule has 2 N–H and O–H groups in total. The lowest BCUT2D eigenvalue weighted by Crippen LogP contribution is -2.26. The maximum atomic E-state index is 12.7. The fraction of sp³-hybridized carbons (Fsp3) is 0.286. The van der Waals surface area contributed by atoms with Crippen molar-refractivity contribution in [2.75, 3.05) is 7.11 Å². The molecule has 0 fully saturated rings. The molecule has 0 radical (unpaired) electrons. The van der Waals surface area contributed by atoms with E-state index in [1.807, 2.05) is 24.3 Å². The predicted molar refractivity (Wildman–Crippen MR) is 103 cm³/mol. The van der Waals surface area contributed by atoms with Gasteiger partial charge in [-0.05, 0) is 38.0 Å². The van der Waals surface area contributed by atoms with E-state index in [-0.39, 0.29) is 12.1 Å². The van der Waals surface area contributed by atoms with Gasteiger partial charge in [-0.15, -0.1) is 0 Å². The summed E-state index contributed by atoms with van der Waals surface area (Å²) in [5, 5.41) is 0.942. The Morgan fingerprint density at radius 2 is 1.86 bits per heavy atom. The summed E-state index contributed by atoms with van der Waals surface area (Å²) in [5.41, 5.74) is 3.31. The smallest absolute Gasteiger partial charge is 0.339 e. The molecule has 0 unspecified atom stereocenters. The molecule has 0 aliphatic rings. The number of hydrogen-bond acceptors (Lipinski definition) is 5. The molecule has 0 amide bonds. The quantitative estimate of drug-likeness (QED) is 0.503. The van der Waals surface area contributed by atoms with Gasteiger partial charge >= 0.3 is 11.9 Å². The van der Waals surface area contributed by atoms with Crippen molar-refractivity contribution in [3.05, 3.63) is 58.5 Å². The van der Waals surface area contributed by atoms with Crippen LogP contribution in [0.3, 0.4) is 0 Å². The number of methoxy groups -OCH3 is 1. The number of nitrogens with one attached hydrogen (secondary N) is 2. The maximum absolute atomic E-state index is 12.7. The van der Waals surface area contributed by atoms with Crippen molar-refractivity contribution in [2.45, 2.75) is 33.3 Å². The molecule has 0 aliphatic heterocycles. The van der Waals surface area contributed by atoms with Crippen LogP contribution >= 0.6 is 0 Å². The Morgan fingerprint density at radius 1 is 1.14 bits per heavy atom. The van der Waals surface area contributed by atoms with Crippen molar-refractivity contribution in [1.82, 2.24) is 9.97 Å². The Hall–Kier alpha value is -3.35. The summed E-state index contributed by atoms with van der Waals surface area (Å²) in [5.74, 6) is -1.42. The Balaban J connectivity index is 1.72. The van der Waals surface area contributed by atoms with Crippen LogP contribution < -0.4 is 0 Å². The molecule has 7 heteroatoms. The van der Waals surface area contributed by atoms with Crippen LogP contribution in [-0.2, 0) is 20.7 Å². The lowest BCUT2D eigenvalue weighted by atomic mass is 10.1. The molecule has 146 valence electrons. The molecule has 1 atom stereocenters. The number of carbonyl (C=O) groups excluding carboxylic acids is 3. The number of hydrogen-bond donors (Lipinski definition) is 2. The van der Waals surface area contributed by atoms with Crippen LogP contribution in [0.2, 0.25) is 0 Å². The minimum atomic E-state index is -0.986. The Labute approximate surface area is 162 Å². The monoisotopic (exact) mass is 382 g/mol. The number of ketones is 1. The van der Waals surface area contributed by atoms with Crippen LogP contribution in [-0.4, -0.2) is 40.9 Å². The van der Waals surface area contributed by atoms with Crippen LogP contribution in [0.5, 0.6) is 0 Å². The van der Waals surface area contributed by atoms with E-state index in [0.29, 0.717) is 16.8 Å². The Bertz CT molecular complexity index is 1060. The molecule has 0 spiro atoms. The molecule has 0 aliphatic carbocycles. The van der Waals surface area contributed by atoms with Crippen molar-refractivity contribution in [3.8, 4) is 0 Å². The molecule has 2 heterocycles. The van der Waals surface area contributed by atoms with Gasteiger partial charge in [0.15, 0.2) is 6.10 Å². The first kappa shape index (κ1) is 19.4. The summed E-state index contributed by atoms with van der Waals surface area (Å²) < 4.78 is 10.1. The van der Waals surface area contributed by atoms with Crippen molar-refractivity contribution in [3.63, 3.8) is 0 Å². The predicted octanol–water partition coefficient (Wildman–Crippen LogP) is 3.26. The number of benzene rings is 1. The van der Waals surface area contributed by atoms with E-state index >= 15 is 0 Å². The van der Waals surface area contributed by atoms with E-state index < -0.39 is 23.8 Å². The lowest BCUT2D eigenvalue weighted by molar-refractivity contribution is -0.145. The summed E-state index contributed by atoms with van der Waals surface area (Å²) in [6, 6.07) is 7.64. The first-order valence-electron chi connectivity index (χ1n) is 8.89. The van der Waals surface area contributed by atoms with Crippen molar-refractivity contribution in [2.24, 2.45) is 0 Å². The molecule has 1 aromatic carbocycles. The standard InChI is InChI=1S/C21H22N2O5/c1-11-18(21(26)27-4)12(2)23-19(11)20(25)13(3)28-17(24)9-14-10-22-16-8-6-5-7-15(14)16/h5-8,10,13,22-23H,9H2,1-4H3/t13-/m1/s1. The average molecular weight is 382 g/mol. The number of H-pyrrole nitrogens is 2. The summed E-state index contributed by atoms with van der Waals surface area (Å²) >= 11 is 0. The van der Waals surface area contributed by atoms with E-state index in [9.17, 15) is 14.4 Å². The second-order valence-electron chi connectivity index (χ2n) is 6.65. The van der Waals surface area contributed by atoms with Gasteiger partial charge in [0.05, 0.1) is 24.8 Å². The first-order valence-corrected chi connectivity index (χ1v) is 8.89. The number of fused-ring (bicyclic) bond motifs is 1. The zero-order chi connectivity index (χ0) is 20.4. The molecule has 3 rings (SSSR count). The zero-order valence-corrected chi connectivity index (χ0v) is 16.2. The highest BCUT2D eigenvalue weighted by atomic mass is 16.5. The van der Waals surface area contributed by atoms with Crippen molar-refractivity contribution < 1.29 is 23.9 Å². The fourth-order valence-electron chi connectivity index (χ4n) is 3.33. The van der Waals surface area contributed by atoms with Gasteiger partial charge in [0.2, 0.25) is 5.78 Å². The number of Topliss-reactive ketones (excluding diaryl/α,β-unsaturated/α-hetero) is 1. The molecule has 3 aromatic rings. The van der Waals surface area contributed by atoms with Crippen LogP contribution in [0, 0.1) is 13.8 Å². The van der Waals surface area contributed by atoms with E-state index in [4.69, 9.17) is 9.47 Å². The number of aromatic nitrogens is 2. The Kier molecular flexibility index (Phi) is 5.35. The van der Waals surface area contributed by atoms with Crippen LogP contribution in [0.15, 0.2) is 30.5 Å². The minimum Gasteiger partial charge on any atom is -0.465 e. The molecule has 28 heavy (non-hydrogen) atoms. The number of esters is 2. The fourth-order valence-corrected chi connectivity index (χ4v) is 3.33. The molecule has 7 nitrogen and oxygen atoms in total. The van der Waals surface area contributed by atoms with Gasteiger partial charge in [-0.2, -0.15) is 0 Å². The normalized spacial score (nSPS) is 12.0. The third-order valence-electron chi connectivity index (χ3n) is 4.76. The number of para-hydroxylation sites is 1. The highest BCUT2D eigenvalue weighted by Crippen LogP contribution is 2.22. The Morgan fingerprint density at radius 3 is 2.57 bits per heavy atom. The first-order chi connectivity index (χ1) is 13.3. The largest absolute Gasteiger partial charge is 0.465 e. The van der Waals surface area contributed by atoms with Gasteiger partial charge < -0.3 is 19.4 Å². The number of carbonyl (C=O) groups is 3. The maximum Gasteiger partial charge on any atom is 0.339 e. The van der Waals surface area contributed by atoms with Crippen LogP contribution in [0.25, 0.3) is 10.9 Å². The molecule has 0 saturated heterocycles. The summed E-state index contributed by atoms with van der Waals surface area (Å²) in [4.78, 5) is 43.0. The van der Waals surface area contributed by atoms with Crippen LogP contribution in [0.1, 0.15) is 44.6 Å². The number of rotatable bonds is 6. The second kappa shape index (κ2) is 7.72. The number of ether oxygens (including phenoxy) is 2. The highest BCUT2D eigenvalue weighted by Gasteiger charge is 2.27. The third kappa shape index (κ3) is 3.55. The minimum absolute atomic E-state index is 0.0534. The second-order valence-corrected chi connectivity index (χ2v) is 6.65. The average Bonchev–Trinajstić information content (AvgIpc) is 3.21. The van der Waals surface area contributed by atoms with E-state index in [1.165, 1.54) is 14.0 Å². The SMILES string of the molecule is COC(=O)c1c(C)[nH]c(C(=O)[C@@H](C)OC(=O)Cc2c[nH]c3ccccc23)c1C. The van der Waals surface area contributed by atoms with Gasteiger partial charge in [-0.1, -0.05) is 18.2 Å². The summed E-state index contributed by atoms with van der Waals surface area (Å²) in [6.45, 7) is 4.86. The van der Waals surface area contributed by atoms with Gasteiger partial charge in [-0.25, -0.2) is 4.79 Å². The highest BCUT2D eigenvalue weighted by molar-refractivity contribution is 6.04. The van der Waals surface area contributed by atoms with Gasteiger partial charge in [0.1, 0.15) is 0 Å². The van der Waals surface area contributed by atoms with Crippen molar-refractivity contribution in [1.29, 1.82) is 0 Å². The molecule has 0 saturated carbocycles. The summed E-state index contributed by atoms with van der Waals surface area (Å²) in [7, 11) is 1.28. The summed E-state index contributed by atoms with van der Waals surface area (Å²) in [6.07, 6.45) is 0.831. The number of aryl methyl sites for hydroxylation is 1. The van der Waals surface area contributed by atoms with Gasteiger partial charge in [0.25, 0.3) is 0 Å². The van der Waals surface area contributed by atoms with Gasteiger partial charge in [0, 0.05) is 22.8 Å². The van der Waals surface area contributed by atoms with E-state index in [0.717, 1.165) is 16.5 Å². The van der Waals surface area contributed by atoms with Crippen LogP contribution in [0.4, 0.5) is 0 Å². The van der Waals surface area contributed by atoms with E-state index in [2.05, 4.69) is 9.97 Å². The van der Waals surface area contributed by atoms with Crippen molar-refractivity contribution >= 4 is 28.6 Å². The number of aromatic amines is 2. The van der Waals surface area contributed by atoms with E-state index in [1.54, 1.807) is 20.0 Å². The lowest BCUT2D eigenvalue weighted by Gasteiger charge is -2.12. The molecular formula is C21H22N2O5. The third-order valence-corrected chi connectivity index (χ3v) is 4.76.